The maximum atomic E-state index is 10.7. The monoisotopic (exact) mass is 259 g/mol. The molecular formula is C15H17NOS. The quantitative estimate of drug-likeness (QED) is 0.895. The van der Waals surface area contributed by atoms with E-state index < -0.39 is 6.10 Å². The summed E-state index contributed by atoms with van der Waals surface area (Å²) in [4.78, 5) is 4.27. The van der Waals surface area contributed by atoms with Crippen molar-refractivity contribution in [2.75, 3.05) is 5.75 Å². The van der Waals surface area contributed by atoms with Crippen molar-refractivity contribution < 1.29 is 5.11 Å². The molecule has 2 atom stereocenters. The van der Waals surface area contributed by atoms with E-state index in [0.29, 0.717) is 0 Å². The lowest BCUT2D eigenvalue weighted by Gasteiger charge is -2.29. The molecule has 1 aromatic heterocycles. The van der Waals surface area contributed by atoms with Crippen molar-refractivity contribution in [1.82, 2.24) is 4.98 Å². The van der Waals surface area contributed by atoms with Gasteiger partial charge in [0.05, 0.1) is 6.10 Å². The number of rotatable bonds is 2. The van der Waals surface area contributed by atoms with Crippen LogP contribution in [0.2, 0.25) is 0 Å². The summed E-state index contributed by atoms with van der Waals surface area (Å²) in [5.41, 5.74) is 0.963. The molecule has 1 saturated heterocycles. The number of nitrogens with zero attached hydrogens (tertiary/aromatic N) is 1. The Morgan fingerprint density at radius 2 is 2.17 bits per heavy atom. The lowest BCUT2D eigenvalue weighted by molar-refractivity contribution is 0.136. The van der Waals surface area contributed by atoms with Gasteiger partial charge in [0.15, 0.2) is 0 Å². The van der Waals surface area contributed by atoms with Gasteiger partial charge in [-0.05, 0) is 30.9 Å². The Morgan fingerprint density at radius 3 is 2.94 bits per heavy atom. The number of thioether (sulfide) groups is 1. The van der Waals surface area contributed by atoms with Gasteiger partial charge in [-0.2, -0.15) is 11.8 Å². The molecule has 0 spiro atoms. The Hall–Kier alpha value is -1.06. The van der Waals surface area contributed by atoms with Gasteiger partial charge in [-0.3, -0.25) is 4.98 Å². The van der Waals surface area contributed by atoms with Gasteiger partial charge in [0, 0.05) is 28.1 Å². The predicted molar refractivity (Wildman–Crippen MR) is 76.8 cm³/mol. The number of aliphatic hydroxyl groups is 1. The normalized spacial score (nSPS) is 25.4. The van der Waals surface area contributed by atoms with Crippen LogP contribution < -0.4 is 0 Å². The fraction of sp³-hybridized carbons (Fsp3) is 0.400. The van der Waals surface area contributed by atoms with Crippen LogP contribution in [0.3, 0.4) is 0 Å². The number of benzene rings is 1. The minimum atomic E-state index is -0.441. The molecule has 0 saturated carbocycles. The molecule has 2 unspecified atom stereocenters. The number of fused-ring (bicyclic) bond motifs is 1. The number of pyridine rings is 1. The summed E-state index contributed by atoms with van der Waals surface area (Å²) < 4.78 is -0.0637. The van der Waals surface area contributed by atoms with E-state index >= 15 is 0 Å². The second-order valence-corrected chi connectivity index (χ2v) is 6.75. The average molecular weight is 259 g/mol. The van der Waals surface area contributed by atoms with Crippen LogP contribution in [-0.4, -0.2) is 20.6 Å². The minimum absolute atomic E-state index is 0.0637. The molecule has 3 rings (SSSR count). The van der Waals surface area contributed by atoms with Crippen molar-refractivity contribution in [3.63, 3.8) is 0 Å². The number of aromatic nitrogens is 1. The second kappa shape index (κ2) is 4.56. The van der Waals surface area contributed by atoms with Crippen molar-refractivity contribution >= 4 is 22.5 Å². The lowest BCUT2D eigenvalue weighted by Crippen LogP contribution is -2.26. The van der Waals surface area contributed by atoms with Crippen LogP contribution in [0, 0.1) is 0 Å². The molecule has 3 heteroatoms. The van der Waals surface area contributed by atoms with E-state index in [1.807, 2.05) is 42.4 Å². The molecule has 0 amide bonds. The summed E-state index contributed by atoms with van der Waals surface area (Å²) in [5, 5.41) is 12.9. The van der Waals surface area contributed by atoms with Crippen LogP contribution in [0.1, 0.15) is 31.4 Å². The summed E-state index contributed by atoms with van der Waals surface area (Å²) in [6.07, 6.45) is 5.49. The average Bonchev–Trinajstić information content (AvgIpc) is 2.85. The lowest BCUT2D eigenvalue weighted by atomic mass is 9.91. The van der Waals surface area contributed by atoms with E-state index in [-0.39, 0.29) is 4.75 Å². The predicted octanol–water partition coefficient (Wildman–Crippen LogP) is 3.55. The van der Waals surface area contributed by atoms with Gasteiger partial charge in [-0.15, -0.1) is 0 Å². The molecule has 1 aliphatic heterocycles. The molecule has 18 heavy (non-hydrogen) atoms. The maximum absolute atomic E-state index is 10.7. The van der Waals surface area contributed by atoms with Crippen LogP contribution in [0.5, 0.6) is 0 Å². The van der Waals surface area contributed by atoms with Gasteiger partial charge in [-0.1, -0.05) is 24.3 Å². The highest BCUT2D eigenvalue weighted by molar-refractivity contribution is 8.00. The fourth-order valence-corrected chi connectivity index (χ4v) is 4.03. The zero-order chi connectivity index (χ0) is 12.6. The molecule has 2 nitrogen and oxygen atoms in total. The van der Waals surface area contributed by atoms with E-state index in [9.17, 15) is 5.11 Å². The Bertz CT molecular complexity index is 558. The van der Waals surface area contributed by atoms with Gasteiger partial charge in [0.1, 0.15) is 0 Å². The zero-order valence-corrected chi connectivity index (χ0v) is 11.3. The molecule has 1 aromatic carbocycles. The largest absolute Gasteiger partial charge is 0.387 e. The van der Waals surface area contributed by atoms with Crippen LogP contribution in [0.15, 0.2) is 36.7 Å². The molecular weight excluding hydrogens is 242 g/mol. The Labute approximate surface area is 111 Å². The van der Waals surface area contributed by atoms with Crippen LogP contribution in [-0.2, 0) is 0 Å². The van der Waals surface area contributed by atoms with Crippen LogP contribution in [0.4, 0.5) is 0 Å². The number of hydrogen-bond acceptors (Lipinski definition) is 3. The van der Waals surface area contributed by atoms with Gasteiger partial charge in [-0.25, -0.2) is 0 Å². The summed E-state index contributed by atoms with van der Waals surface area (Å²) in [5.74, 6) is 1.14. The van der Waals surface area contributed by atoms with Gasteiger partial charge < -0.3 is 5.11 Å². The second-order valence-electron chi connectivity index (χ2n) is 5.12. The molecule has 2 heterocycles. The summed E-state index contributed by atoms with van der Waals surface area (Å²) in [7, 11) is 0. The molecule has 0 radical (unpaired) electrons. The first-order valence-electron chi connectivity index (χ1n) is 6.35. The van der Waals surface area contributed by atoms with Crippen molar-refractivity contribution in [3.8, 4) is 0 Å². The third kappa shape index (κ3) is 1.91. The van der Waals surface area contributed by atoms with Crippen molar-refractivity contribution in [2.45, 2.75) is 30.6 Å². The fourth-order valence-electron chi connectivity index (χ4n) is 2.70. The zero-order valence-electron chi connectivity index (χ0n) is 10.5. The van der Waals surface area contributed by atoms with E-state index in [2.05, 4.69) is 18.0 Å². The van der Waals surface area contributed by atoms with E-state index in [0.717, 1.165) is 28.5 Å². The van der Waals surface area contributed by atoms with Crippen LogP contribution >= 0.6 is 11.8 Å². The Balaban J connectivity index is 2.08. The summed E-state index contributed by atoms with van der Waals surface area (Å²) in [6, 6.07) is 8.14. The SMILES string of the molecule is CC1(C(O)c2cncc3ccccc23)CCCS1. The molecule has 1 aliphatic rings. The van der Waals surface area contributed by atoms with E-state index in [1.54, 1.807) is 0 Å². The van der Waals surface area contributed by atoms with E-state index in [1.165, 1.54) is 6.42 Å². The number of aliphatic hydroxyl groups excluding tert-OH is 1. The molecule has 1 N–H and O–H groups in total. The molecule has 0 bridgehead atoms. The highest BCUT2D eigenvalue weighted by Crippen LogP contribution is 2.47. The first kappa shape index (κ1) is 12.0. The Morgan fingerprint density at radius 1 is 1.33 bits per heavy atom. The third-order valence-electron chi connectivity index (χ3n) is 3.82. The maximum Gasteiger partial charge on any atom is 0.0954 e. The molecule has 0 aliphatic carbocycles. The van der Waals surface area contributed by atoms with Crippen molar-refractivity contribution in [1.29, 1.82) is 0 Å². The topological polar surface area (TPSA) is 33.1 Å². The Kier molecular flexibility index (Phi) is 3.04. The highest BCUT2D eigenvalue weighted by Gasteiger charge is 2.38. The molecule has 94 valence electrons. The van der Waals surface area contributed by atoms with Gasteiger partial charge >= 0.3 is 0 Å². The standard InChI is InChI=1S/C15H17NOS/c1-15(7-4-8-18-15)14(17)13-10-16-9-11-5-2-3-6-12(11)13/h2-3,5-6,9-10,14,17H,4,7-8H2,1H3. The van der Waals surface area contributed by atoms with Crippen molar-refractivity contribution in [2.24, 2.45) is 0 Å². The first-order valence-corrected chi connectivity index (χ1v) is 7.34. The summed E-state index contributed by atoms with van der Waals surface area (Å²) in [6.45, 7) is 2.16. The first-order chi connectivity index (χ1) is 8.71. The van der Waals surface area contributed by atoms with Gasteiger partial charge in [0.2, 0.25) is 0 Å². The third-order valence-corrected chi connectivity index (χ3v) is 5.40. The van der Waals surface area contributed by atoms with Gasteiger partial charge in [0.25, 0.3) is 0 Å². The molecule has 2 aromatic rings. The van der Waals surface area contributed by atoms with Crippen LogP contribution in [0.25, 0.3) is 10.8 Å². The molecule has 1 fully saturated rings. The highest BCUT2D eigenvalue weighted by atomic mass is 32.2. The number of hydrogen-bond donors (Lipinski definition) is 1. The summed E-state index contributed by atoms with van der Waals surface area (Å²) >= 11 is 1.88. The smallest absolute Gasteiger partial charge is 0.0954 e. The van der Waals surface area contributed by atoms with E-state index in [4.69, 9.17) is 0 Å². The van der Waals surface area contributed by atoms with Crippen molar-refractivity contribution in [3.05, 3.63) is 42.2 Å². The minimum Gasteiger partial charge on any atom is -0.387 e.